The molecule has 0 saturated carbocycles. The molecule has 0 fully saturated rings. The van der Waals surface area contributed by atoms with Crippen LogP contribution >= 0.6 is 0 Å². The van der Waals surface area contributed by atoms with E-state index in [4.69, 9.17) is 0 Å². The van der Waals surface area contributed by atoms with Crippen molar-refractivity contribution in [3.8, 4) is 5.75 Å². The van der Waals surface area contributed by atoms with Gasteiger partial charge in [0.1, 0.15) is 17.1 Å². The molecule has 0 radical (unpaired) electrons. The molecule has 0 saturated heterocycles. The third-order valence-electron chi connectivity index (χ3n) is 1.49. The van der Waals surface area contributed by atoms with Gasteiger partial charge in [0.25, 0.3) is 0 Å². The Morgan fingerprint density at radius 1 is 1.69 bits per heavy atom. The Morgan fingerprint density at radius 2 is 2.38 bits per heavy atom. The first-order chi connectivity index (χ1) is 6.19. The number of hydrogen-bond donors (Lipinski definition) is 1. The van der Waals surface area contributed by atoms with E-state index in [0.29, 0.717) is 0 Å². The molecule has 4 heteroatoms. The number of aromatic nitrogens is 1. The van der Waals surface area contributed by atoms with Crippen molar-refractivity contribution in [1.29, 1.82) is 0 Å². The minimum atomic E-state index is -0.539. The van der Waals surface area contributed by atoms with E-state index in [1.54, 1.807) is 0 Å². The van der Waals surface area contributed by atoms with Gasteiger partial charge in [0, 0.05) is 0 Å². The van der Waals surface area contributed by atoms with Crippen LogP contribution in [0.15, 0.2) is 18.7 Å². The number of hydrogen-bond acceptors (Lipinski definition) is 4. The van der Waals surface area contributed by atoms with Crippen LogP contribution in [-0.4, -0.2) is 23.2 Å². The topological polar surface area (TPSA) is 59.4 Å². The van der Waals surface area contributed by atoms with Crippen molar-refractivity contribution in [3.05, 3.63) is 30.1 Å². The zero-order valence-corrected chi connectivity index (χ0v) is 7.15. The minimum absolute atomic E-state index is 0.0114. The highest BCUT2D eigenvalue weighted by Gasteiger charge is 2.08. The number of carbonyl (C=O) groups is 1. The van der Waals surface area contributed by atoms with Gasteiger partial charge in [0.2, 0.25) is 0 Å². The zero-order chi connectivity index (χ0) is 9.84. The van der Waals surface area contributed by atoms with Gasteiger partial charge in [-0.3, -0.25) is 0 Å². The van der Waals surface area contributed by atoms with Crippen molar-refractivity contribution in [2.45, 2.75) is 0 Å². The van der Waals surface area contributed by atoms with Gasteiger partial charge >= 0.3 is 5.97 Å². The molecule has 0 bridgehead atoms. The smallest absolute Gasteiger partial charge is 0.356 e. The van der Waals surface area contributed by atoms with E-state index in [1.165, 1.54) is 25.3 Å². The van der Waals surface area contributed by atoms with Gasteiger partial charge in [-0.05, 0) is 18.2 Å². The van der Waals surface area contributed by atoms with Gasteiger partial charge in [0.05, 0.1) is 7.11 Å². The number of aromatic hydroxyl groups is 1. The molecule has 0 unspecified atom stereocenters. The average Bonchev–Trinajstić information content (AvgIpc) is 2.17. The number of methoxy groups -OCH3 is 1. The van der Waals surface area contributed by atoms with E-state index in [9.17, 15) is 9.90 Å². The average molecular weight is 179 g/mol. The van der Waals surface area contributed by atoms with Crippen LogP contribution in [0.25, 0.3) is 6.08 Å². The lowest BCUT2D eigenvalue weighted by Gasteiger charge is -2.01. The first-order valence-corrected chi connectivity index (χ1v) is 3.59. The van der Waals surface area contributed by atoms with E-state index in [2.05, 4.69) is 16.3 Å². The second-order valence-corrected chi connectivity index (χ2v) is 2.30. The molecule has 13 heavy (non-hydrogen) atoms. The molecule has 0 amide bonds. The third-order valence-corrected chi connectivity index (χ3v) is 1.49. The van der Waals surface area contributed by atoms with Crippen molar-refractivity contribution >= 4 is 12.0 Å². The molecule has 0 atom stereocenters. The SMILES string of the molecule is C=Cc1nc(C(=O)OC)ccc1O. The fourth-order valence-electron chi connectivity index (χ4n) is 0.836. The fraction of sp³-hybridized carbons (Fsp3) is 0.111. The fourth-order valence-corrected chi connectivity index (χ4v) is 0.836. The summed E-state index contributed by atoms with van der Waals surface area (Å²) in [5, 5.41) is 9.20. The Labute approximate surface area is 75.5 Å². The molecule has 68 valence electrons. The summed E-state index contributed by atoms with van der Waals surface area (Å²) in [5.41, 5.74) is 0.415. The van der Waals surface area contributed by atoms with Crippen molar-refractivity contribution in [2.75, 3.05) is 7.11 Å². The highest BCUT2D eigenvalue weighted by Crippen LogP contribution is 2.15. The Morgan fingerprint density at radius 3 is 2.92 bits per heavy atom. The van der Waals surface area contributed by atoms with Crippen LogP contribution in [0, 0.1) is 0 Å². The molecule has 0 aliphatic heterocycles. The normalized spacial score (nSPS) is 9.31. The van der Waals surface area contributed by atoms with Crippen molar-refractivity contribution in [3.63, 3.8) is 0 Å². The predicted octanol–water partition coefficient (Wildman–Crippen LogP) is 1.22. The van der Waals surface area contributed by atoms with E-state index < -0.39 is 5.97 Å². The molecule has 0 aliphatic rings. The van der Waals surface area contributed by atoms with Crippen molar-refractivity contribution in [2.24, 2.45) is 0 Å². The Bertz CT molecular complexity index is 347. The van der Waals surface area contributed by atoms with Gasteiger partial charge in [-0.2, -0.15) is 0 Å². The quantitative estimate of drug-likeness (QED) is 0.693. The lowest BCUT2D eigenvalue weighted by molar-refractivity contribution is 0.0594. The molecule has 1 rings (SSSR count). The summed E-state index contributed by atoms with van der Waals surface area (Å²) in [4.78, 5) is 14.8. The molecular formula is C9H9NO3. The third kappa shape index (κ3) is 1.84. The van der Waals surface area contributed by atoms with Crippen LogP contribution in [0.2, 0.25) is 0 Å². The number of esters is 1. The van der Waals surface area contributed by atoms with E-state index >= 15 is 0 Å². The van der Waals surface area contributed by atoms with Gasteiger partial charge in [-0.1, -0.05) is 6.58 Å². The second kappa shape index (κ2) is 3.71. The van der Waals surface area contributed by atoms with Gasteiger partial charge in [-0.25, -0.2) is 9.78 Å². The first kappa shape index (κ1) is 9.25. The maximum absolute atomic E-state index is 11.0. The number of pyridine rings is 1. The van der Waals surface area contributed by atoms with Crippen LogP contribution in [0.4, 0.5) is 0 Å². The Balaban J connectivity index is 3.13. The van der Waals surface area contributed by atoms with E-state index in [-0.39, 0.29) is 17.1 Å². The largest absolute Gasteiger partial charge is 0.506 e. The van der Waals surface area contributed by atoms with E-state index in [0.717, 1.165) is 0 Å². The highest BCUT2D eigenvalue weighted by atomic mass is 16.5. The van der Waals surface area contributed by atoms with Gasteiger partial charge in [-0.15, -0.1) is 0 Å². The molecule has 0 aliphatic carbocycles. The molecule has 1 aromatic heterocycles. The van der Waals surface area contributed by atoms with Crippen molar-refractivity contribution < 1.29 is 14.6 Å². The molecule has 1 heterocycles. The summed E-state index contributed by atoms with van der Waals surface area (Å²) >= 11 is 0. The Hall–Kier alpha value is -1.84. The molecule has 4 nitrogen and oxygen atoms in total. The second-order valence-electron chi connectivity index (χ2n) is 2.30. The standard InChI is InChI=1S/C9H9NO3/c1-3-6-8(11)5-4-7(10-6)9(12)13-2/h3-5,11H,1H2,2H3. The molecule has 1 N–H and O–H groups in total. The number of rotatable bonds is 2. The maximum atomic E-state index is 11.0. The highest BCUT2D eigenvalue weighted by molar-refractivity contribution is 5.87. The van der Waals surface area contributed by atoms with Gasteiger partial charge in [0.15, 0.2) is 0 Å². The Kier molecular flexibility index (Phi) is 2.64. The van der Waals surface area contributed by atoms with Crippen LogP contribution in [0.1, 0.15) is 16.2 Å². The monoisotopic (exact) mass is 179 g/mol. The summed E-state index contributed by atoms with van der Waals surface area (Å²) < 4.78 is 4.46. The minimum Gasteiger partial charge on any atom is -0.506 e. The summed E-state index contributed by atoms with van der Waals surface area (Å²) in [6.45, 7) is 3.44. The molecule has 1 aromatic rings. The van der Waals surface area contributed by atoms with Gasteiger partial charge < -0.3 is 9.84 Å². The van der Waals surface area contributed by atoms with Crippen LogP contribution in [0.5, 0.6) is 5.75 Å². The van der Waals surface area contributed by atoms with Crippen LogP contribution in [0.3, 0.4) is 0 Å². The van der Waals surface area contributed by atoms with E-state index in [1.807, 2.05) is 0 Å². The molecular weight excluding hydrogens is 170 g/mol. The number of carbonyl (C=O) groups excluding carboxylic acids is 1. The summed E-state index contributed by atoms with van der Waals surface area (Å²) in [7, 11) is 1.27. The van der Waals surface area contributed by atoms with Crippen LogP contribution in [-0.2, 0) is 4.74 Å². The predicted molar refractivity (Wildman–Crippen MR) is 47.3 cm³/mol. The number of ether oxygens (including phenoxy) is 1. The van der Waals surface area contributed by atoms with Crippen molar-refractivity contribution in [1.82, 2.24) is 4.98 Å². The number of nitrogens with zero attached hydrogens (tertiary/aromatic N) is 1. The maximum Gasteiger partial charge on any atom is 0.356 e. The summed E-state index contributed by atoms with van der Waals surface area (Å²) in [6, 6.07) is 2.75. The summed E-state index contributed by atoms with van der Waals surface area (Å²) in [5.74, 6) is -0.550. The molecule has 0 spiro atoms. The molecule has 0 aromatic carbocycles. The lowest BCUT2D eigenvalue weighted by Crippen LogP contribution is -2.04. The summed E-state index contributed by atoms with van der Waals surface area (Å²) in [6.07, 6.45) is 1.36. The van der Waals surface area contributed by atoms with Crippen LogP contribution < -0.4 is 0 Å². The zero-order valence-electron chi connectivity index (χ0n) is 7.15. The first-order valence-electron chi connectivity index (χ1n) is 3.59. The lowest BCUT2D eigenvalue weighted by atomic mass is 10.3.